The van der Waals surface area contributed by atoms with E-state index in [9.17, 15) is 0 Å². The Balaban J connectivity index is 1.66. The molecule has 1 aromatic heterocycles. The fourth-order valence-corrected chi connectivity index (χ4v) is 3.13. The molecule has 0 atom stereocenters. The lowest BCUT2D eigenvalue weighted by Crippen LogP contribution is -1.99. The van der Waals surface area contributed by atoms with Gasteiger partial charge in [-0.3, -0.25) is 5.43 Å². The van der Waals surface area contributed by atoms with Gasteiger partial charge in [0.15, 0.2) is 11.5 Å². The summed E-state index contributed by atoms with van der Waals surface area (Å²) < 4.78 is 11.0. The molecule has 0 aliphatic rings. The molecule has 0 spiro atoms. The van der Waals surface area contributed by atoms with Crippen molar-refractivity contribution in [1.29, 1.82) is 0 Å². The van der Waals surface area contributed by atoms with Crippen LogP contribution in [-0.4, -0.2) is 24.9 Å². The van der Waals surface area contributed by atoms with Gasteiger partial charge in [0, 0.05) is 16.0 Å². The summed E-state index contributed by atoms with van der Waals surface area (Å²) in [7, 11) is 1.63. The zero-order valence-corrected chi connectivity index (χ0v) is 16.7. The first kappa shape index (κ1) is 19.2. The van der Waals surface area contributed by atoms with Crippen molar-refractivity contribution >= 4 is 34.3 Å². The molecule has 0 fully saturated rings. The third-order valence-electron chi connectivity index (χ3n) is 3.67. The van der Waals surface area contributed by atoms with Crippen molar-refractivity contribution in [2.45, 2.75) is 13.3 Å². The Kier molecular flexibility index (Phi) is 6.68. The van der Waals surface area contributed by atoms with Gasteiger partial charge in [-0.15, -0.1) is 11.3 Å². The van der Waals surface area contributed by atoms with Crippen LogP contribution in [-0.2, 0) is 0 Å². The summed E-state index contributed by atoms with van der Waals surface area (Å²) >= 11 is 7.41. The molecule has 0 amide bonds. The first-order chi connectivity index (χ1) is 13.2. The highest BCUT2D eigenvalue weighted by Gasteiger charge is 2.06. The maximum absolute atomic E-state index is 5.92. The zero-order valence-electron chi connectivity index (χ0n) is 15.1. The van der Waals surface area contributed by atoms with Crippen molar-refractivity contribution in [3.63, 3.8) is 0 Å². The van der Waals surface area contributed by atoms with Crippen LogP contribution < -0.4 is 14.9 Å². The van der Waals surface area contributed by atoms with E-state index in [1.807, 2.05) is 47.8 Å². The molecule has 2 aromatic carbocycles. The van der Waals surface area contributed by atoms with E-state index in [0.29, 0.717) is 28.3 Å². The van der Waals surface area contributed by atoms with Crippen molar-refractivity contribution in [1.82, 2.24) is 4.98 Å². The summed E-state index contributed by atoms with van der Waals surface area (Å²) in [6, 6.07) is 13.3. The largest absolute Gasteiger partial charge is 0.493 e. The van der Waals surface area contributed by atoms with Gasteiger partial charge in [-0.2, -0.15) is 5.10 Å². The second-order valence-electron chi connectivity index (χ2n) is 5.67. The van der Waals surface area contributed by atoms with Gasteiger partial charge in [0.2, 0.25) is 5.13 Å². The van der Waals surface area contributed by atoms with Crippen LogP contribution in [0.15, 0.2) is 52.9 Å². The molecular formula is C20H20ClN3O2S. The predicted molar refractivity (Wildman–Crippen MR) is 113 cm³/mol. The quantitative estimate of drug-likeness (QED) is 0.388. The normalized spacial score (nSPS) is 10.9. The van der Waals surface area contributed by atoms with Crippen molar-refractivity contribution in [3.05, 3.63) is 58.4 Å². The van der Waals surface area contributed by atoms with Crippen molar-refractivity contribution in [2.75, 3.05) is 19.1 Å². The molecule has 0 unspecified atom stereocenters. The number of hydrazone groups is 1. The smallest absolute Gasteiger partial charge is 0.203 e. The fraction of sp³-hybridized carbons (Fsp3) is 0.200. The Morgan fingerprint density at radius 2 is 2.00 bits per heavy atom. The summed E-state index contributed by atoms with van der Waals surface area (Å²) in [4.78, 5) is 4.53. The molecule has 0 bridgehead atoms. The number of halogens is 1. The van der Waals surface area contributed by atoms with E-state index in [0.717, 1.165) is 23.2 Å². The first-order valence-electron chi connectivity index (χ1n) is 8.51. The lowest BCUT2D eigenvalue weighted by Gasteiger charge is -2.10. The zero-order chi connectivity index (χ0) is 19.1. The SMILES string of the molecule is CCCOc1cc(/C=N\Nc2nc(-c3ccc(Cl)cc3)cs2)ccc1OC. The van der Waals surface area contributed by atoms with Crippen LogP contribution in [0.3, 0.4) is 0 Å². The van der Waals surface area contributed by atoms with Gasteiger partial charge in [-0.25, -0.2) is 4.98 Å². The molecule has 0 radical (unpaired) electrons. The Hall–Kier alpha value is -2.57. The number of nitrogens with zero attached hydrogens (tertiary/aromatic N) is 2. The lowest BCUT2D eigenvalue weighted by molar-refractivity contribution is 0.294. The fourth-order valence-electron chi connectivity index (χ4n) is 2.34. The number of nitrogens with one attached hydrogen (secondary N) is 1. The van der Waals surface area contributed by atoms with Crippen LogP contribution in [0.1, 0.15) is 18.9 Å². The summed E-state index contributed by atoms with van der Waals surface area (Å²) in [5.41, 5.74) is 5.77. The average Bonchev–Trinajstić information content (AvgIpc) is 3.16. The Labute approximate surface area is 167 Å². The number of hydrogen-bond acceptors (Lipinski definition) is 6. The highest BCUT2D eigenvalue weighted by atomic mass is 35.5. The van der Waals surface area contributed by atoms with Crippen LogP contribution in [0.5, 0.6) is 11.5 Å². The highest BCUT2D eigenvalue weighted by molar-refractivity contribution is 7.14. The molecule has 27 heavy (non-hydrogen) atoms. The molecule has 3 rings (SSSR count). The second-order valence-corrected chi connectivity index (χ2v) is 6.97. The van der Waals surface area contributed by atoms with E-state index in [4.69, 9.17) is 21.1 Å². The van der Waals surface area contributed by atoms with Crippen molar-refractivity contribution in [3.8, 4) is 22.8 Å². The van der Waals surface area contributed by atoms with Gasteiger partial charge in [-0.1, -0.05) is 30.7 Å². The second kappa shape index (κ2) is 9.39. The van der Waals surface area contributed by atoms with Gasteiger partial charge >= 0.3 is 0 Å². The van der Waals surface area contributed by atoms with Gasteiger partial charge in [0.05, 0.1) is 25.6 Å². The Morgan fingerprint density at radius 1 is 1.19 bits per heavy atom. The molecule has 0 saturated heterocycles. The van der Waals surface area contributed by atoms with Crippen molar-refractivity contribution in [2.24, 2.45) is 5.10 Å². The number of ether oxygens (including phenoxy) is 2. The summed E-state index contributed by atoms with van der Waals surface area (Å²) in [5.74, 6) is 1.42. The molecule has 0 aliphatic carbocycles. The van der Waals surface area contributed by atoms with Crippen LogP contribution in [0.4, 0.5) is 5.13 Å². The predicted octanol–water partition coefficient (Wildman–Crippen LogP) is 5.71. The summed E-state index contributed by atoms with van der Waals surface area (Å²) in [6.45, 7) is 2.70. The highest BCUT2D eigenvalue weighted by Crippen LogP contribution is 2.28. The number of aromatic nitrogens is 1. The molecule has 1 heterocycles. The van der Waals surface area contributed by atoms with Crippen LogP contribution in [0.25, 0.3) is 11.3 Å². The standard InChI is InChI=1S/C20H20ClN3O2S/c1-3-10-26-19-11-14(4-9-18(19)25-2)12-22-24-20-23-17(13-27-20)15-5-7-16(21)8-6-15/h4-9,11-13H,3,10H2,1-2H3,(H,23,24)/b22-12-. The molecule has 1 N–H and O–H groups in total. The van der Waals surface area contributed by atoms with Crippen LogP contribution >= 0.6 is 22.9 Å². The Morgan fingerprint density at radius 3 is 2.74 bits per heavy atom. The van der Waals surface area contributed by atoms with E-state index in [1.54, 1.807) is 13.3 Å². The number of hydrogen-bond donors (Lipinski definition) is 1. The Bertz CT molecular complexity index is 910. The minimum absolute atomic E-state index is 0.641. The van der Waals surface area contributed by atoms with Crippen molar-refractivity contribution < 1.29 is 9.47 Å². The maximum Gasteiger partial charge on any atom is 0.203 e. The third kappa shape index (κ3) is 5.21. The monoisotopic (exact) mass is 401 g/mol. The van der Waals surface area contributed by atoms with Crippen LogP contribution in [0, 0.1) is 0 Å². The number of benzene rings is 2. The topological polar surface area (TPSA) is 55.7 Å². The van der Waals surface area contributed by atoms with Gasteiger partial charge in [-0.05, 0) is 42.3 Å². The molecule has 5 nitrogen and oxygen atoms in total. The third-order valence-corrected chi connectivity index (χ3v) is 4.67. The maximum atomic E-state index is 5.92. The van der Waals surface area contributed by atoms with Gasteiger partial charge < -0.3 is 9.47 Å². The number of anilines is 1. The molecule has 7 heteroatoms. The number of thiazole rings is 1. The number of methoxy groups -OCH3 is 1. The molecule has 0 saturated carbocycles. The average molecular weight is 402 g/mol. The molecule has 140 valence electrons. The first-order valence-corrected chi connectivity index (χ1v) is 9.76. The molecule has 0 aliphatic heterocycles. The molecule has 3 aromatic rings. The lowest BCUT2D eigenvalue weighted by atomic mass is 10.2. The van der Waals surface area contributed by atoms with E-state index in [-0.39, 0.29) is 0 Å². The summed E-state index contributed by atoms with van der Waals surface area (Å²) in [6.07, 6.45) is 2.66. The van der Waals surface area contributed by atoms with E-state index in [1.165, 1.54) is 11.3 Å². The van der Waals surface area contributed by atoms with E-state index in [2.05, 4.69) is 22.4 Å². The molecular weight excluding hydrogens is 382 g/mol. The minimum Gasteiger partial charge on any atom is -0.493 e. The van der Waals surface area contributed by atoms with E-state index < -0.39 is 0 Å². The van der Waals surface area contributed by atoms with Crippen LogP contribution in [0.2, 0.25) is 5.02 Å². The number of rotatable bonds is 8. The van der Waals surface area contributed by atoms with Gasteiger partial charge in [0.1, 0.15) is 0 Å². The van der Waals surface area contributed by atoms with E-state index >= 15 is 0 Å². The minimum atomic E-state index is 0.641. The van der Waals surface area contributed by atoms with Gasteiger partial charge in [0.25, 0.3) is 0 Å². The summed E-state index contributed by atoms with van der Waals surface area (Å²) in [5, 5.41) is 7.66.